The lowest BCUT2D eigenvalue weighted by Gasteiger charge is -2.22. The Labute approximate surface area is 171 Å². The molecule has 0 atom stereocenters. The van der Waals surface area contributed by atoms with Crippen LogP contribution in [0.15, 0.2) is 59.5 Å². The highest BCUT2D eigenvalue weighted by molar-refractivity contribution is 7.87. The molecule has 0 radical (unpaired) electrons. The molecule has 0 bridgehead atoms. The fourth-order valence-electron chi connectivity index (χ4n) is 2.84. The maximum absolute atomic E-state index is 12.9. The van der Waals surface area contributed by atoms with Crippen molar-refractivity contribution in [1.82, 2.24) is 0 Å². The lowest BCUT2D eigenvalue weighted by molar-refractivity contribution is -0.147. The van der Waals surface area contributed by atoms with E-state index in [1.807, 2.05) is 0 Å². The number of phenols is 2. The van der Waals surface area contributed by atoms with E-state index in [-0.39, 0.29) is 32.9 Å². The van der Waals surface area contributed by atoms with Crippen molar-refractivity contribution >= 4 is 38.5 Å². The van der Waals surface area contributed by atoms with Gasteiger partial charge in [0, 0.05) is 30.7 Å². The number of benzene rings is 3. The molecule has 3 rings (SSSR count). The Morgan fingerprint density at radius 2 is 1.63 bits per heavy atom. The Hall–Kier alpha value is -3.79. The maximum atomic E-state index is 12.9. The smallest absolute Gasteiger partial charge is 0.339 e. The van der Waals surface area contributed by atoms with Crippen molar-refractivity contribution in [3.8, 4) is 17.2 Å². The number of nitrogens with zero attached hydrogens (tertiary/aromatic N) is 1. The SMILES string of the molecule is CC(=O)ON(C(C)=O)c1c(O)ccc2c(S(=O)(=O)Oc3cccc(O)c3)cccc12. The molecule has 3 aromatic carbocycles. The molecule has 0 saturated carbocycles. The second-order valence-corrected chi connectivity index (χ2v) is 7.73. The third kappa shape index (κ3) is 4.13. The first-order valence-corrected chi connectivity index (χ1v) is 9.98. The molecule has 0 aliphatic rings. The van der Waals surface area contributed by atoms with Gasteiger partial charge in [0.05, 0.1) is 0 Å². The minimum absolute atomic E-state index is 0.101. The quantitative estimate of drug-likeness (QED) is 0.476. The Morgan fingerprint density at radius 1 is 0.933 bits per heavy atom. The molecule has 156 valence electrons. The van der Waals surface area contributed by atoms with Gasteiger partial charge < -0.3 is 19.2 Å². The Bertz CT molecular complexity index is 1250. The van der Waals surface area contributed by atoms with Gasteiger partial charge in [0.1, 0.15) is 27.8 Å². The van der Waals surface area contributed by atoms with E-state index in [2.05, 4.69) is 0 Å². The van der Waals surface area contributed by atoms with E-state index in [0.29, 0.717) is 5.06 Å². The largest absolute Gasteiger partial charge is 0.508 e. The Kier molecular flexibility index (Phi) is 5.52. The highest BCUT2D eigenvalue weighted by Crippen LogP contribution is 2.39. The van der Waals surface area contributed by atoms with Gasteiger partial charge in [0.25, 0.3) is 5.91 Å². The number of carbonyl (C=O) groups is 2. The number of rotatable bonds is 4. The molecular weight excluding hydrogens is 414 g/mol. The predicted molar refractivity (Wildman–Crippen MR) is 106 cm³/mol. The van der Waals surface area contributed by atoms with Crippen LogP contribution in [0.5, 0.6) is 17.2 Å². The lowest BCUT2D eigenvalue weighted by Crippen LogP contribution is -2.31. The summed E-state index contributed by atoms with van der Waals surface area (Å²) in [6.45, 7) is 2.20. The normalized spacial score (nSPS) is 11.1. The zero-order valence-electron chi connectivity index (χ0n) is 15.9. The Morgan fingerprint density at radius 3 is 2.27 bits per heavy atom. The van der Waals surface area contributed by atoms with Crippen LogP contribution in [0.4, 0.5) is 5.69 Å². The van der Waals surface area contributed by atoms with Crippen molar-refractivity contribution in [2.75, 3.05) is 5.06 Å². The van der Waals surface area contributed by atoms with Gasteiger partial charge in [0.2, 0.25) is 0 Å². The van der Waals surface area contributed by atoms with E-state index in [0.717, 1.165) is 19.9 Å². The highest BCUT2D eigenvalue weighted by atomic mass is 32.2. The number of hydroxylamine groups is 1. The van der Waals surface area contributed by atoms with Crippen molar-refractivity contribution in [1.29, 1.82) is 0 Å². The molecule has 0 fully saturated rings. The van der Waals surface area contributed by atoms with E-state index >= 15 is 0 Å². The van der Waals surface area contributed by atoms with E-state index in [1.54, 1.807) is 0 Å². The van der Waals surface area contributed by atoms with Crippen molar-refractivity contribution in [2.45, 2.75) is 18.7 Å². The second kappa shape index (κ2) is 7.91. The fraction of sp³-hybridized carbons (Fsp3) is 0.100. The molecular formula is C20H17NO8S. The van der Waals surface area contributed by atoms with Gasteiger partial charge in [-0.1, -0.05) is 18.2 Å². The minimum Gasteiger partial charge on any atom is -0.508 e. The van der Waals surface area contributed by atoms with Crippen LogP contribution < -0.4 is 9.25 Å². The van der Waals surface area contributed by atoms with E-state index in [4.69, 9.17) is 9.02 Å². The minimum atomic E-state index is -4.36. The van der Waals surface area contributed by atoms with Gasteiger partial charge in [0.15, 0.2) is 0 Å². The van der Waals surface area contributed by atoms with E-state index in [1.165, 1.54) is 48.5 Å². The van der Waals surface area contributed by atoms with Crippen LogP contribution >= 0.6 is 0 Å². The van der Waals surface area contributed by atoms with E-state index in [9.17, 15) is 28.2 Å². The molecule has 0 aliphatic heterocycles. The van der Waals surface area contributed by atoms with Crippen LogP contribution in [0, 0.1) is 0 Å². The van der Waals surface area contributed by atoms with Crippen molar-refractivity contribution in [3.63, 3.8) is 0 Å². The summed E-state index contributed by atoms with van der Waals surface area (Å²) in [7, 11) is -4.36. The summed E-state index contributed by atoms with van der Waals surface area (Å²) < 4.78 is 30.8. The third-order valence-electron chi connectivity index (χ3n) is 3.97. The molecule has 0 aliphatic carbocycles. The van der Waals surface area contributed by atoms with E-state index < -0.39 is 27.7 Å². The topological polar surface area (TPSA) is 130 Å². The molecule has 0 unspecified atom stereocenters. The predicted octanol–water partition coefficient (Wildman–Crippen LogP) is 2.85. The molecule has 30 heavy (non-hydrogen) atoms. The maximum Gasteiger partial charge on any atom is 0.339 e. The molecule has 3 aromatic rings. The summed E-state index contributed by atoms with van der Waals surface area (Å²) in [5.74, 6) is -2.19. The van der Waals surface area contributed by atoms with Crippen LogP contribution in [0.2, 0.25) is 0 Å². The number of hydrogen-bond acceptors (Lipinski definition) is 8. The number of carbonyl (C=O) groups excluding carboxylic acids is 2. The number of fused-ring (bicyclic) bond motifs is 1. The molecule has 2 N–H and O–H groups in total. The highest BCUT2D eigenvalue weighted by Gasteiger charge is 2.26. The standard InChI is InChI=1S/C20H17NO8S/c1-12(22)21(28-13(2)23)20-17-7-4-8-19(16(17)9-10-18(20)25)30(26,27)29-15-6-3-5-14(24)11-15/h3-11,24-25H,1-2H3. The number of aromatic hydroxyl groups is 2. The zero-order valence-corrected chi connectivity index (χ0v) is 16.7. The first kappa shape index (κ1) is 20.9. The molecule has 1 amide bonds. The average Bonchev–Trinajstić information content (AvgIpc) is 2.65. The summed E-state index contributed by atoms with van der Waals surface area (Å²) in [4.78, 5) is 28.0. The lowest BCUT2D eigenvalue weighted by atomic mass is 10.1. The summed E-state index contributed by atoms with van der Waals surface area (Å²) in [5.41, 5.74) is -0.190. The van der Waals surface area contributed by atoms with Gasteiger partial charge >= 0.3 is 16.1 Å². The van der Waals surface area contributed by atoms with Crippen LogP contribution in [0.25, 0.3) is 10.8 Å². The number of anilines is 1. The molecule has 10 heteroatoms. The monoisotopic (exact) mass is 431 g/mol. The van der Waals surface area contributed by atoms with Crippen molar-refractivity contribution < 1.29 is 37.2 Å². The van der Waals surface area contributed by atoms with Gasteiger partial charge in [-0.05, 0) is 30.3 Å². The summed E-state index contributed by atoms with van der Waals surface area (Å²) in [5, 5.41) is 20.7. The third-order valence-corrected chi connectivity index (χ3v) is 5.28. The van der Waals surface area contributed by atoms with Crippen molar-refractivity contribution in [2.24, 2.45) is 0 Å². The van der Waals surface area contributed by atoms with Gasteiger partial charge in [-0.25, -0.2) is 4.79 Å². The number of amides is 1. The van der Waals surface area contributed by atoms with Gasteiger partial charge in [-0.15, -0.1) is 5.06 Å². The van der Waals surface area contributed by atoms with Crippen molar-refractivity contribution in [3.05, 3.63) is 54.6 Å². The summed E-state index contributed by atoms with van der Waals surface area (Å²) >= 11 is 0. The van der Waals surface area contributed by atoms with Crippen LogP contribution in [0.1, 0.15) is 13.8 Å². The average molecular weight is 431 g/mol. The number of hydrogen-bond donors (Lipinski definition) is 2. The number of phenolic OH excluding ortho intramolecular Hbond substituents is 2. The first-order valence-electron chi connectivity index (χ1n) is 8.57. The van der Waals surface area contributed by atoms with Crippen LogP contribution in [0.3, 0.4) is 0 Å². The summed E-state index contributed by atoms with van der Waals surface area (Å²) in [6.07, 6.45) is 0. The van der Waals surface area contributed by atoms with Gasteiger partial charge in [-0.3, -0.25) is 4.79 Å². The van der Waals surface area contributed by atoms with Gasteiger partial charge in [-0.2, -0.15) is 8.42 Å². The summed E-state index contributed by atoms with van der Waals surface area (Å²) in [6, 6.07) is 11.9. The molecule has 0 saturated heterocycles. The molecule has 0 aromatic heterocycles. The molecule has 0 spiro atoms. The molecule has 9 nitrogen and oxygen atoms in total. The van der Waals surface area contributed by atoms with Crippen LogP contribution in [-0.4, -0.2) is 30.5 Å². The zero-order chi connectivity index (χ0) is 22.1. The fourth-order valence-corrected chi connectivity index (χ4v) is 3.98. The molecule has 0 heterocycles. The van der Waals surface area contributed by atoms with Crippen LogP contribution in [-0.2, 0) is 24.5 Å². The second-order valence-electron chi connectivity index (χ2n) is 6.22. The Balaban J connectivity index is 2.19. The first-order chi connectivity index (χ1) is 14.1.